The number of benzene rings is 1. The maximum absolute atomic E-state index is 13.2. The summed E-state index contributed by atoms with van der Waals surface area (Å²) in [6, 6.07) is 11.2. The number of Topliss-reactive ketones (excluding diaryl/α,β-unsaturated/α-hetero) is 1. The first-order valence-electron chi connectivity index (χ1n) is 9.43. The Labute approximate surface area is 162 Å². The van der Waals surface area contributed by atoms with Crippen molar-refractivity contribution in [2.75, 3.05) is 6.54 Å². The SMILES string of the molecule is C[C@H]1CN(C(=O)c2cccc3c2CCC3=O)Cc2nnc(-c3ccccn3)n21. The van der Waals surface area contributed by atoms with Gasteiger partial charge < -0.3 is 9.47 Å². The summed E-state index contributed by atoms with van der Waals surface area (Å²) in [6.07, 6.45) is 2.86. The standard InChI is InChI=1S/C21H19N5O2/c1-13-11-25(21(28)16-6-4-5-15-14(16)8-9-18(15)27)12-19-23-24-20(26(13)19)17-7-2-3-10-22-17/h2-7,10,13H,8-9,11-12H2,1H3/t13-/m0/s1. The molecule has 2 aliphatic rings. The molecule has 1 aliphatic heterocycles. The van der Waals surface area contributed by atoms with Gasteiger partial charge in [0.05, 0.1) is 12.6 Å². The van der Waals surface area contributed by atoms with E-state index in [4.69, 9.17) is 0 Å². The lowest BCUT2D eigenvalue weighted by molar-refractivity contribution is 0.0681. The maximum Gasteiger partial charge on any atom is 0.254 e. The molecule has 7 nitrogen and oxygen atoms in total. The van der Waals surface area contributed by atoms with E-state index in [2.05, 4.69) is 26.7 Å². The molecule has 0 unspecified atom stereocenters. The summed E-state index contributed by atoms with van der Waals surface area (Å²) in [5.41, 5.74) is 2.98. The van der Waals surface area contributed by atoms with Gasteiger partial charge in [-0.3, -0.25) is 14.6 Å². The zero-order valence-corrected chi connectivity index (χ0v) is 15.5. The second kappa shape index (κ2) is 6.37. The van der Waals surface area contributed by atoms with Crippen molar-refractivity contribution in [3.05, 3.63) is 65.1 Å². The zero-order chi connectivity index (χ0) is 19.3. The van der Waals surface area contributed by atoms with Crippen LogP contribution in [0.4, 0.5) is 0 Å². The van der Waals surface area contributed by atoms with Crippen LogP contribution in [-0.4, -0.2) is 42.9 Å². The van der Waals surface area contributed by atoms with Crippen molar-refractivity contribution in [2.24, 2.45) is 0 Å². The molecule has 2 aromatic heterocycles. The van der Waals surface area contributed by atoms with E-state index in [9.17, 15) is 9.59 Å². The maximum atomic E-state index is 13.2. The van der Waals surface area contributed by atoms with Crippen LogP contribution in [0.15, 0.2) is 42.6 Å². The van der Waals surface area contributed by atoms with Crippen molar-refractivity contribution < 1.29 is 9.59 Å². The third-order valence-electron chi connectivity index (χ3n) is 5.51. The Morgan fingerprint density at radius 1 is 1.11 bits per heavy atom. The van der Waals surface area contributed by atoms with Gasteiger partial charge in [0, 0.05) is 30.3 Å². The number of carbonyl (C=O) groups is 2. The van der Waals surface area contributed by atoms with Gasteiger partial charge in [-0.05, 0) is 37.1 Å². The predicted octanol–water partition coefficient (Wildman–Crippen LogP) is 2.69. The fourth-order valence-corrected chi connectivity index (χ4v) is 4.22. The quantitative estimate of drug-likeness (QED) is 0.690. The van der Waals surface area contributed by atoms with Gasteiger partial charge in [-0.2, -0.15) is 0 Å². The van der Waals surface area contributed by atoms with Crippen LogP contribution in [0.3, 0.4) is 0 Å². The Morgan fingerprint density at radius 2 is 2.00 bits per heavy atom. The van der Waals surface area contributed by atoms with E-state index in [1.807, 2.05) is 30.3 Å². The molecule has 0 N–H and O–H groups in total. The van der Waals surface area contributed by atoms with Gasteiger partial charge in [-0.25, -0.2) is 0 Å². The molecule has 0 spiro atoms. The largest absolute Gasteiger partial charge is 0.329 e. The molecule has 0 saturated heterocycles. The third kappa shape index (κ3) is 2.54. The van der Waals surface area contributed by atoms with Crippen LogP contribution in [0.2, 0.25) is 0 Å². The summed E-state index contributed by atoms with van der Waals surface area (Å²) >= 11 is 0. The van der Waals surface area contributed by atoms with Crippen molar-refractivity contribution >= 4 is 11.7 Å². The molecule has 1 amide bonds. The minimum absolute atomic E-state index is 0.0260. The number of aromatic nitrogens is 4. The van der Waals surface area contributed by atoms with Crippen LogP contribution < -0.4 is 0 Å². The van der Waals surface area contributed by atoms with Gasteiger partial charge in [0.15, 0.2) is 17.4 Å². The molecule has 0 radical (unpaired) electrons. The van der Waals surface area contributed by atoms with Gasteiger partial charge in [-0.1, -0.05) is 18.2 Å². The highest BCUT2D eigenvalue weighted by Crippen LogP contribution is 2.30. The summed E-state index contributed by atoms with van der Waals surface area (Å²) in [5.74, 6) is 1.54. The fraction of sp³-hybridized carbons (Fsp3) is 0.286. The number of pyridine rings is 1. The Hall–Kier alpha value is -3.35. The van der Waals surface area contributed by atoms with Crippen LogP contribution in [0.1, 0.15) is 51.5 Å². The molecule has 28 heavy (non-hydrogen) atoms. The van der Waals surface area contributed by atoms with Crippen LogP contribution >= 0.6 is 0 Å². The smallest absolute Gasteiger partial charge is 0.254 e. The highest BCUT2D eigenvalue weighted by molar-refractivity contribution is 6.05. The Bertz CT molecular complexity index is 1090. The lowest BCUT2D eigenvalue weighted by atomic mass is 10.0. The lowest BCUT2D eigenvalue weighted by Crippen LogP contribution is -2.40. The van der Waals surface area contributed by atoms with Crippen LogP contribution in [0.5, 0.6) is 0 Å². The summed E-state index contributed by atoms with van der Waals surface area (Å²) in [4.78, 5) is 31.4. The molecule has 3 heterocycles. The Kier molecular flexibility index (Phi) is 3.82. The van der Waals surface area contributed by atoms with Gasteiger partial charge in [0.1, 0.15) is 5.69 Å². The third-order valence-corrected chi connectivity index (χ3v) is 5.51. The van der Waals surface area contributed by atoms with Crippen molar-refractivity contribution in [3.8, 4) is 11.5 Å². The van der Waals surface area contributed by atoms with E-state index in [1.165, 1.54) is 0 Å². The molecule has 0 bridgehead atoms. The van der Waals surface area contributed by atoms with Gasteiger partial charge in [0.25, 0.3) is 5.91 Å². The molecule has 1 atom stereocenters. The summed E-state index contributed by atoms with van der Waals surface area (Å²) < 4.78 is 2.06. The minimum atomic E-state index is -0.0490. The van der Waals surface area contributed by atoms with Crippen molar-refractivity contribution in [1.82, 2.24) is 24.6 Å². The number of hydrogen-bond donors (Lipinski definition) is 0. The van der Waals surface area contributed by atoms with E-state index in [0.717, 1.165) is 22.9 Å². The van der Waals surface area contributed by atoms with E-state index < -0.39 is 0 Å². The summed E-state index contributed by atoms with van der Waals surface area (Å²) in [6.45, 7) is 3.00. The number of ketones is 1. The highest BCUT2D eigenvalue weighted by atomic mass is 16.2. The first-order valence-corrected chi connectivity index (χ1v) is 9.43. The number of amides is 1. The number of nitrogens with zero attached hydrogens (tertiary/aromatic N) is 5. The van der Waals surface area contributed by atoms with Crippen molar-refractivity contribution in [3.63, 3.8) is 0 Å². The lowest BCUT2D eigenvalue weighted by Gasteiger charge is -2.33. The monoisotopic (exact) mass is 373 g/mol. The van der Waals surface area contributed by atoms with Gasteiger partial charge >= 0.3 is 0 Å². The van der Waals surface area contributed by atoms with Crippen molar-refractivity contribution in [2.45, 2.75) is 32.4 Å². The molecule has 7 heteroatoms. The first-order chi connectivity index (χ1) is 13.6. The molecular weight excluding hydrogens is 354 g/mol. The predicted molar refractivity (Wildman–Crippen MR) is 102 cm³/mol. The summed E-state index contributed by atoms with van der Waals surface area (Å²) in [7, 11) is 0. The summed E-state index contributed by atoms with van der Waals surface area (Å²) in [5, 5.41) is 8.64. The molecule has 140 valence electrons. The molecule has 5 rings (SSSR count). The minimum Gasteiger partial charge on any atom is -0.329 e. The fourth-order valence-electron chi connectivity index (χ4n) is 4.22. The normalized spacial score (nSPS) is 18.1. The second-order valence-corrected chi connectivity index (χ2v) is 7.31. The zero-order valence-electron chi connectivity index (χ0n) is 15.5. The first kappa shape index (κ1) is 16.8. The van der Waals surface area contributed by atoms with Crippen molar-refractivity contribution in [1.29, 1.82) is 0 Å². The Morgan fingerprint density at radius 3 is 2.82 bits per heavy atom. The van der Waals surface area contributed by atoms with E-state index in [1.54, 1.807) is 17.2 Å². The number of hydrogen-bond acceptors (Lipinski definition) is 5. The molecule has 1 aliphatic carbocycles. The van der Waals surface area contributed by atoms with Gasteiger partial charge in [-0.15, -0.1) is 10.2 Å². The topological polar surface area (TPSA) is 81.0 Å². The second-order valence-electron chi connectivity index (χ2n) is 7.31. The van der Waals surface area contributed by atoms with E-state index in [-0.39, 0.29) is 17.7 Å². The van der Waals surface area contributed by atoms with Gasteiger partial charge in [0.2, 0.25) is 0 Å². The molecular formula is C21H19N5O2. The Balaban J connectivity index is 1.47. The molecule has 1 aromatic carbocycles. The average Bonchev–Trinajstić information content (AvgIpc) is 3.32. The number of rotatable bonds is 2. The number of carbonyl (C=O) groups excluding carboxylic acids is 2. The van der Waals surface area contributed by atoms with Crippen LogP contribution in [0, 0.1) is 0 Å². The van der Waals surface area contributed by atoms with Crippen LogP contribution in [-0.2, 0) is 13.0 Å². The highest BCUT2D eigenvalue weighted by Gasteiger charge is 2.32. The molecule has 0 saturated carbocycles. The van der Waals surface area contributed by atoms with E-state index >= 15 is 0 Å². The molecule has 0 fully saturated rings. The average molecular weight is 373 g/mol. The van der Waals surface area contributed by atoms with Crippen LogP contribution in [0.25, 0.3) is 11.5 Å². The number of fused-ring (bicyclic) bond motifs is 2. The molecule has 3 aromatic rings. The van der Waals surface area contributed by atoms with E-state index in [0.29, 0.717) is 37.1 Å².